The zero-order valence-corrected chi connectivity index (χ0v) is 69.4. The van der Waals surface area contributed by atoms with Crippen LogP contribution < -0.4 is 18.3 Å². The molecule has 18 aromatic rings. The lowest BCUT2D eigenvalue weighted by molar-refractivity contribution is -0.660. The largest absolute Gasteiger partial charge is 0.296 e. The molecule has 8 aromatic heterocycles. The first-order chi connectivity index (χ1) is 57.5. The molecule has 118 heavy (non-hydrogen) atoms. The highest BCUT2D eigenvalue weighted by Crippen LogP contribution is 2.42. The molecular formula is C106H98N12+4. The third kappa shape index (κ3) is 13.1. The quantitative estimate of drug-likeness (QED) is 0.142. The highest BCUT2D eigenvalue weighted by atomic mass is 15.1. The Hall–Kier alpha value is -13.3. The van der Waals surface area contributed by atoms with E-state index >= 15 is 0 Å². The van der Waals surface area contributed by atoms with Gasteiger partial charge in [0, 0.05) is 73.2 Å². The number of fused-ring (bicyclic) bond motifs is 20. The van der Waals surface area contributed by atoms with Crippen LogP contribution in [0.25, 0.3) is 134 Å². The predicted octanol–water partition coefficient (Wildman–Crippen LogP) is 21.3. The number of aromatic nitrogens is 12. The van der Waals surface area contributed by atoms with E-state index in [1.54, 1.807) is 0 Å². The molecule has 1 saturated carbocycles. The van der Waals surface area contributed by atoms with E-state index in [-0.39, 0.29) is 0 Å². The van der Waals surface area contributed by atoms with E-state index in [4.69, 9.17) is 19.9 Å². The molecule has 0 amide bonds. The molecule has 0 bridgehead atoms. The molecule has 0 unspecified atom stereocenters. The predicted molar refractivity (Wildman–Crippen MR) is 476 cm³/mol. The van der Waals surface area contributed by atoms with Crippen molar-refractivity contribution in [3.8, 4) is 90.0 Å². The molecule has 0 spiro atoms. The van der Waals surface area contributed by atoms with Gasteiger partial charge in [-0.2, -0.15) is 0 Å². The maximum atomic E-state index is 4.98. The Kier molecular flexibility index (Phi) is 18.5. The second kappa shape index (κ2) is 29.8. The Morgan fingerprint density at radius 1 is 0.288 bits per heavy atom. The highest BCUT2D eigenvalue weighted by Gasteiger charge is 2.31. The van der Waals surface area contributed by atoms with E-state index in [9.17, 15) is 0 Å². The van der Waals surface area contributed by atoms with E-state index in [0.29, 0.717) is 0 Å². The SMILES string of the molecule is Cc1c[n+](C)c(-c2cc3c(cc2C)nc2n3-c3ccccc3C2)cc1-c1ccccc1.Cc1cc(-c2cc3c(cc2C)nc2n3-c3ccccc3C2)[n+](C)cc1C.Cc1cc2nc3n(c2cc1-c1cc(-c2ccccc2)cc[n+]1C)-c1ccccc1C3.Cc1cc2nc3n(c2cc1-c1cc(CC2CCCCC2)cc[n+]1C)-c1ccccc1C3. The molecule has 0 radical (unpaired) electrons. The summed E-state index contributed by atoms with van der Waals surface area (Å²) in [4.78, 5) is 19.8. The molecule has 12 nitrogen and oxygen atoms in total. The summed E-state index contributed by atoms with van der Waals surface area (Å²) < 4.78 is 18.3. The minimum atomic E-state index is 0.854. The van der Waals surface area contributed by atoms with Crippen LogP contribution >= 0.6 is 0 Å². The van der Waals surface area contributed by atoms with Gasteiger partial charge in [0.25, 0.3) is 0 Å². The van der Waals surface area contributed by atoms with Crippen LogP contribution in [0.1, 0.15) is 122 Å². The smallest absolute Gasteiger partial charge is 0.213 e. The number of para-hydroxylation sites is 4. The fourth-order valence-corrected chi connectivity index (χ4v) is 19.5. The first-order valence-corrected chi connectivity index (χ1v) is 42.0. The topological polar surface area (TPSA) is 86.8 Å². The van der Waals surface area contributed by atoms with Gasteiger partial charge in [0.1, 0.15) is 51.5 Å². The average Bonchev–Trinajstić information content (AvgIpc) is 1.60. The van der Waals surface area contributed by atoms with Crippen molar-refractivity contribution in [1.29, 1.82) is 0 Å². The second-order valence-corrected chi connectivity index (χ2v) is 33.7. The lowest BCUT2D eigenvalue weighted by Crippen LogP contribution is -2.31. The fraction of sp³-hybridized carbons (Fsp3) is 0.208. The highest BCUT2D eigenvalue weighted by molar-refractivity contribution is 5.91. The summed E-state index contributed by atoms with van der Waals surface area (Å²) in [5.41, 5.74) is 45.1. The summed E-state index contributed by atoms with van der Waals surface area (Å²) in [7, 11) is 8.54. The van der Waals surface area contributed by atoms with Crippen LogP contribution in [0.4, 0.5) is 0 Å². The van der Waals surface area contributed by atoms with Gasteiger partial charge in [0.15, 0.2) is 24.8 Å². The van der Waals surface area contributed by atoms with Crippen LogP contribution in [0.15, 0.2) is 267 Å². The Morgan fingerprint density at radius 2 is 0.636 bits per heavy atom. The van der Waals surface area contributed by atoms with Crippen molar-refractivity contribution in [2.24, 2.45) is 34.1 Å². The first kappa shape index (κ1) is 73.6. The minimum Gasteiger partial charge on any atom is -0.296 e. The molecule has 5 aliphatic rings. The maximum Gasteiger partial charge on any atom is 0.213 e. The Bertz CT molecular complexity index is 7080. The van der Waals surface area contributed by atoms with E-state index < -0.39 is 0 Å². The van der Waals surface area contributed by atoms with Crippen molar-refractivity contribution in [3.05, 3.63) is 358 Å². The van der Waals surface area contributed by atoms with Crippen molar-refractivity contribution in [2.45, 2.75) is 113 Å². The monoisotopic (exact) mass is 1540 g/mol. The number of hydrogen-bond donors (Lipinski definition) is 0. The normalized spacial score (nSPS) is 13.2. The van der Waals surface area contributed by atoms with Gasteiger partial charge in [-0.05, 0) is 211 Å². The van der Waals surface area contributed by atoms with Gasteiger partial charge in [-0.15, -0.1) is 0 Å². The number of imidazole rings is 4. The standard InChI is InChI=1S/C28H24N3.C28H30N3.C27H22N3.C23H22N3/c1-18-13-24-27(31-25-12-8-7-11-21(25)14-28(31)29-24)16-23(18)26-15-22(19(2)17-30(26)3)20-9-5-4-6-10-20;1-19-14-24-27(31-25-11-7-6-10-22(25)17-28(31)29-24)18-23(19)26-16-21(12-13-30(26)2)15-20-8-4-3-5-9-20;1-18-14-23-26(30-24-11-7-6-10-21(24)16-27(30)28-23)17-22(18)25-15-20(12-13-29(25)2)19-8-4-3-5-9-19;1-14-10-21(25(4)13-16(14)3)18-12-22-19(9-15(18)2)24-23-11-17-7-5-6-8-20(17)26(22)23/h4-13,15-17H,14H2,1-3H3;6-7,10-14,16,18,20H,3-5,8-9,15,17H2,1-2H3;3-15,17H,16H2,1-2H3;5-10,12-13H,11H2,1-4H3/q4*+1. The summed E-state index contributed by atoms with van der Waals surface area (Å²) in [6.45, 7) is 15.3. The van der Waals surface area contributed by atoms with Crippen LogP contribution in [-0.4, -0.2) is 38.2 Å². The van der Waals surface area contributed by atoms with Gasteiger partial charge >= 0.3 is 0 Å². The van der Waals surface area contributed by atoms with Gasteiger partial charge in [-0.25, -0.2) is 38.2 Å². The number of rotatable bonds is 8. The number of benzene rings is 10. The summed E-state index contributed by atoms with van der Waals surface area (Å²) in [5, 5.41) is 0. The van der Waals surface area contributed by atoms with Gasteiger partial charge in [-0.3, -0.25) is 18.3 Å². The molecule has 0 N–H and O–H groups in total. The molecule has 1 aliphatic carbocycles. The van der Waals surface area contributed by atoms with Crippen LogP contribution in [0.5, 0.6) is 0 Å². The second-order valence-electron chi connectivity index (χ2n) is 33.7. The van der Waals surface area contributed by atoms with Crippen molar-refractivity contribution in [1.82, 2.24) is 38.2 Å². The van der Waals surface area contributed by atoms with E-state index in [0.717, 1.165) is 77.0 Å². The lowest BCUT2D eigenvalue weighted by atomic mass is 9.85. The molecule has 23 rings (SSSR count). The van der Waals surface area contributed by atoms with E-state index in [1.165, 1.54) is 217 Å². The number of pyridine rings is 4. The van der Waals surface area contributed by atoms with Gasteiger partial charge in [0.05, 0.1) is 89.1 Å². The number of aryl methyl sites for hydroxylation is 11. The maximum absolute atomic E-state index is 4.98. The van der Waals surface area contributed by atoms with Crippen LogP contribution in [0.3, 0.4) is 0 Å². The Morgan fingerprint density at radius 3 is 1.05 bits per heavy atom. The van der Waals surface area contributed by atoms with E-state index in [1.807, 2.05) is 0 Å². The zero-order chi connectivity index (χ0) is 80.3. The lowest BCUT2D eigenvalue weighted by Gasteiger charge is -2.21. The average molecular weight is 1540 g/mol. The molecule has 4 aliphatic heterocycles. The number of hydrogen-bond acceptors (Lipinski definition) is 4. The first-order valence-electron chi connectivity index (χ1n) is 42.0. The third-order valence-electron chi connectivity index (χ3n) is 25.7. The van der Waals surface area contributed by atoms with Crippen LogP contribution in [0, 0.1) is 54.4 Å². The number of nitrogens with zero attached hydrogens (tertiary/aromatic N) is 12. The van der Waals surface area contributed by atoms with Gasteiger partial charge in [-0.1, -0.05) is 166 Å². The molecule has 578 valence electrons. The third-order valence-corrected chi connectivity index (χ3v) is 25.7. The Balaban J connectivity index is 0.000000101. The van der Waals surface area contributed by atoms with Crippen LogP contribution in [-0.2, 0) is 60.3 Å². The molecule has 0 atom stereocenters. The van der Waals surface area contributed by atoms with Gasteiger partial charge in [0.2, 0.25) is 22.8 Å². The minimum absolute atomic E-state index is 0.854. The summed E-state index contributed by atoms with van der Waals surface area (Å²) in [6.07, 6.45) is 20.7. The van der Waals surface area contributed by atoms with Crippen molar-refractivity contribution >= 4 is 44.1 Å². The Labute approximate surface area is 690 Å². The molecule has 0 saturated heterocycles. The van der Waals surface area contributed by atoms with Crippen LogP contribution in [0.2, 0.25) is 0 Å². The van der Waals surface area contributed by atoms with Crippen molar-refractivity contribution in [3.63, 3.8) is 0 Å². The summed E-state index contributed by atoms with van der Waals surface area (Å²) in [5.74, 6) is 5.41. The molecular weight excluding hydrogens is 1440 g/mol. The van der Waals surface area contributed by atoms with Crippen molar-refractivity contribution in [2.75, 3.05) is 0 Å². The van der Waals surface area contributed by atoms with Gasteiger partial charge < -0.3 is 0 Å². The van der Waals surface area contributed by atoms with E-state index in [2.05, 4.69) is 381 Å². The molecule has 10 aromatic carbocycles. The summed E-state index contributed by atoms with van der Waals surface area (Å²) in [6, 6.07) is 87.9. The fourth-order valence-electron chi connectivity index (χ4n) is 19.5. The van der Waals surface area contributed by atoms with Crippen molar-refractivity contribution < 1.29 is 18.3 Å². The summed E-state index contributed by atoms with van der Waals surface area (Å²) >= 11 is 0. The molecule has 1 fully saturated rings. The zero-order valence-electron chi connectivity index (χ0n) is 69.4. The molecule has 12 heteroatoms. The molecule has 12 heterocycles.